The lowest BCUT2D eigenvalue weighted by atomic mass is 10.1. The number of carbonyl (C=O) groups is 2. The highest BCUT2D eigenvalue weighted by molar-refractivity contribution is 5.96. The summed E-state index contributed by atoms with van der Waals surface area (Å²) < 4.78 is 5.52. The van der Waals surface area contributed by atoms with Crippen molar-refractivity contribution in [3.8, 4) is 0 Å². The van der Waals surface area contributed by atoms with Gasteiger partial charge in [-0.3, -0.25) is 9.59 Å². The number of amides is 2. The summed E-state index contributed by atoms with van der Waals surface area (Å²) in [5.74, 6) is -0.279. The summed E-state index contributed by atoms with van der Waals surface area (Å²) in [6, 6.07) is 13.0. The molecule has 0 bridgehead atoms. The maximum Gasteiger partial charge on any atom is 0.251 e. The van der Waals surface area contributed by atoms with Crippen molar-refractivity contribution in [3.05, 3.63) is 59.2 Å². The molecule has 6 nitrogen and oxygen atoms in total. The molecule has 0 aliphatic carbocycles. The fourth-order valence-electron chi connectivity index (χ4n) is 3.21. The second-order valence-corrected chi connectivity index (χ2v) is 7.15. The Morgan fingerprint density at radius 2 is 2.00 bits per heavy atom. The van der Waals surface area contributed by atoms with Gasteiger partial charge >= 0.3 is 0 Å². The fraction of sp³-hybridized carbons (Fsp3) is 0.364. The third kappa shape index (κ3) is 5.57. The van der Waals surface area contributed by atoms with Gasteiger partial charge in [0.05, 0.1) is 12.6 Å². The zero-order valence-electron chi connectivity index (χ0n) is 16.4. The first-order valence-corrected chi connectivity index (χ1v) is 9.62. The van der Waals surface area contributed by atoms with E-state index in [0.29, 0.717) is 12.1 Å². The van der Waals surface area contributed by atoms with Gasteiger partial charge < -0.3 is 20.7 Å². The second-order valence-electron chi connectivity index (χ2n) is 7.15. The Morgan fingerprint density at radius 3 is 2.75 bits per heavy atom. The van der Waals surface area contributed by atoms with E-state index in [0.717, 1.165) is 42.0 Å². The summed E-state index contributed by atoms with van der Waals surface area (Å²) in [5.41, 5.74) is 4.26. The van der Waals surface area contributed by atoms with Crippen LogP contribution in [0.5, 0.6) is 0 Å². The molecule has 2 aromatic carbocycles. The van der Waals surface area contributed by atoms with Crippen LogP contribution in [0.4, 0.5) is 11.4 Å². The summed E-state index contributed by atoms with van der Waals surface area (Å²) >= 11 is 0. The van der Waals surface area contributed by atoms with Crippen molar-refractivity contribution >= 4 is 23.2 Å². The van der Waals surface area contributed by atoms with Crippen molar-refractivity contribution < 1.29 is 14.3 Å². The third-order valence-corrected chi connectivity index (χ3v) is 4.75. The van der Waals surface area contributed by atoms with E-state index in [9.17, 15) is 9.59 Å². The smallest absolute Gasteiger partial charge is 0.251 e. The minimum absolute atomic E-state index is 0.110. The van der Waals surface area contributed by atoms with Gasteiger partial charge in [-0.25, -0.2) is 0 Å². The zero-order chi connectivity index (χ0) is 19.9. The van der Waals surface area contributed by atoms with Gasteiger partial charge in [-0.2, -0.15) is 0 Å². The van der Waals surface area contributed by atoms with Crippen molar-refractivity contribution in [2.24, 2.45) is 0 Å². The Morgan fingerprint density at radius 1 is 1.14 bits per heavy atom. The van der Waals surface area contributed by atoms with E-state index in [1.165, 1.54) is 0 Å². The Kier molecular flexibility index (Phi) is 6.66. The Bertz CT molecular complexity index is 845. The van der Waals surface area contributed by atoms with Crippen LogP contribution in [0.25, 0.3) is 0 Å². The van der Waals surface area contributed by atoms with Gasteiger partial charge in [0.2, 0.25) is 5.91 Å². The first kappa shape index (κ1) is 19.9. The third-order valence-electron chi connectivity index (χ3n) is 4.75. The normalized spacial score (nSPS) is 15.9. The molecular formula is C22H27N3O3. The second kappa shape index (κ2) is 9.37. The van der Waals surface area contributed by atoms with Crippen molar-refractivity contribution in [1.82, 2.24) is 5.32 Å². The molecule has 1 atom stereocenters. The number of hydrogen-bond acceptors (Lipinski definition) is 4. The van der Waals surface area contributed by atoms with Crippen LogP contribution in [-0.4, -0.2) is 37.6 Å². The first-order valence-electron chi connectivity index (χ1n) is 9.62. The highest BCUT2D eigenvalue weighted by Gasteiger charge is 2.16. The average Bonchev–Trinajstić information content (AvgIpc) is 3.20. The van der Waals surface area contributed by atoms with Crippen LogP contribution in [0.1, 0.15) is 34.3 Å². The van der Waals surface area contributed by atoms with Crippen LogP contribution in [0, 0.1) is 13.8 Å². The molecule has 0 saturated carbocycles. The molecule has 2 amide bonds. The molecule has 0 radical (unpaired) electrons. The van der Waals surface area contributed by atoms with Crippen LogP contribution >= 0.6 is 0 Å². The van der Waals surface area contributed by atoms with Crippen molar-refractivity contribution in [2.45, 2.75) is 32.8 Å². The molecule has 3 rings (SSSR count). The average molecular weight is 381 g/mol. The molecule has 148 valence electrons. The lowest BCUT2D eigenvalue weighted by Gasteiger charge is -2.12. The van der Waals surface area contributed by atoms with Crippen LogP contribution in [-0.2, 0) is 9.53 Å². The van der Waals surface area contributed by atoms with Gasteiger partial charge in [-0.1, -0.05) is 23.8 Å². The quantitative estimate of drug-likeness (QED) is 0.688. The molecule has 1 fully saturated rings. The van der Waals surface area contributed by atoms with E-state index < -0.39 is 0 Å². The molecule has 1 aliphatic heterocycles. The van der Waals surface area contributed by atoms with Gasteiger partial charge in [0, 0.05) is 30.1 Å². The van der Waals surface area contributed by atoms with Gasteiger partial charge in [-0.05, 0) is 56.5 Å². The topological polar surface area (TPSA) is 79.5 Å². The van der Waals surface area contributed by atoms with Crippen molar-refractivity contribution in [3.63, 3.8) is 0 Å². The molecule has 6 heteroatoms. The monoisotopic (exact) mass is 381 g/mol. The minimum Gasteiger partial charge on any atom is -0.376 e. The summed E-state index contributed by atoms with van der Waals surface area (Å²) in [6.45, 7) is 5.39. The number of rotatable bonds is 7. The Balaban J connectivity index is 1.50. The molecule has 0 aromatic heterocycles. The van der Waals surface area contributed by atoms with E-state index >= 15 is 0 Å². The van der Waals surface area contributed by atoms with E-state index in [-0.39, 0.29) is 24.5 Å². The molecule has 3 N–H and O–H groups in total. The number of nitrogens with one attached hydrogen (secondary N) is 3. The molecule has 1 aliphatic rings. The summed E-state index contributed by atoms with van der Waals surface area (Å²) in [5, 5.41) is 8.88. The fourth-order valence-corrected chi connectivity index (χ4v) is 3.21. The first-order chi connectivity index (χ1) is 13.5. The lowest BCUT2D eigenvalue weighted by molar-refractivity contribution is -0.114. The summed E-state index contributed by atoms with van der Waals surface area (Å²) in [6.07, 6.45) is 2.14. The highest BCUT2D eigenvalue weighted by Crippen LogP contribution is 2.16. The predicted octanol–water partition coefficient (Wildman–Crippen LogP) is 3.26. The SMILES string of the molecule is Cc1ccc(NC(=O)CNc2cccc(C(=O)NCC3CCCO3)c2)c(C)c1. The Labute approximate surface area is 165 Å². The Hall–Kier alpha value is -2.86. The zero-order valence-corrected chi connectivity index (χ0v) is 16.4. The lowest BCUT2D eigenvalue weighted by Crippen LogP contribution is -2.31. The number of ether oxygens (including phenoxy) is 1. The van der Waals surface area contributed by atoms with Gasteiger partial charge in [0.1, 0.15) is 0 Å². The van der Waals surface area contributed by atoms with Gasteiger partial charge in [0.15, 0.2) is 0 Å². The van der Waals surface area contributed by atoms with Crippen LogP contribution < -0.4 is 16.0 Å². The van der Waals surface area contributed by atoms with E-state index in [2.05, 4.69) is 16.0 Å². The summed E-state index contributed by atoms with van der Waals surface area (Å²) in [4.78, 5) is 24.5. The molecule has 1 heterocycles. The molecule has 0 spiro atoms. The maximum absolute atomic E-state index is 12.3. The summed E-state index contributed by atoms with van der Waals surface area (Å²) in [7, 11) is 0. The molecule has 28 heavy (non-hydrogen) atoms. The molecule has 1 unspecified atom stereocenters. The van der Waals surface area contributed by atoms with Gasteiger partial charge in [-0.15, -0.1) is 0 Å². The predicted molar refractivity (Wildman–Crippen MR) is 111 cm³/mol. The number of benzene rings is 2. The maximum atomic E-state index is 12.3. The number of hydrogen-bond donors (Lipinski definition) is 3. The highest BCUT2D eigenvalue weighted by atomic mass is 16.5. The number of carbonyl (C=O) groups excluding carboxylic acids is 2. The van der Waals surface area contributed by atoms with Crippen LogP contribution in [0.2, 0.25) is 0 Å². The van der Waals surface area contributed by atoms with Crippen molar-refractivity contribution in [2.75, 3.05) is 30.3 Å². The number of aryl methyl sites for hydroxylation is 2. The van der Waals surface area contributed by atoms with Crippen molar-refractivity contribution in [1.29, 1.82) is 0 Å². The molecule has 1 saturated heterocycles. The van der Waals surface area contributed by atoms with E-state index in [1.807, 2.05) is 38.1 Å². The van der Waals surface area contributed by atoms with Crippen LogP contribution in [0.3, 0.4) is 0 Å². The molecule has 2 aromatic rings. The van der Waals surface area contributed by atoms with Gasteiger partial charge in [0.25, 0.3) is 5.91 Å². The molecular weight excluding hydrogens is 354 g/mol. The van der Waals surface area contributed by atoms with Crippen LogP contribution in [0.15, 0.2) is 42.5 Å². The largest absolute Gasteiger partial charge is 0.376 e. The standard InChI is InChI=1S/C22H27N3O3/c1-15-8-9-20(16(2)11-15)25-21(26)14-23-18-6-3-5-17(12-18)22(27)24-13-19-7-4-10-28-19/h3,5-6,8-9,11-12,19,23H,4,7,10,13-14H2,1-2H3,(H,24,27)(H,25,26). The van der Waals surface area contributed by atoms with E-state index in [4.69, 9.17) is 4.74 Å². The van der Waals surface area contributed by atoms with E-state index in [1.54, 1.807) is 18.2 Å². The minimum atomic E-state index is -0.140. The number of anilines is 2.